The van der Waals surface area contributed by atoms with Gasteiger partial charge in [-0.2, -0.15) is 5.26 Å². The Morgan fingerprint density at radius 3 is 2.61 bits per heavy atom. The van der Waals surface area contributed by atoms with Crippen molar-refractivity contribution in [3.63, 3.8) is 0 Å². The van der Waals surface area contributed by atoms with E-state index < -0.39 is 5.91 Å². The molecule has 1 amide bonds. The minimum Gasteiger partial charge on any atom is -0.495 e. The van der Waals surface area contributed by atoms with Crippen molar-refractivity contribution in [2.24, 2.45) is 0 Å². The lowest BCUT2D eigenvalue weighted by Crippen LogP contribution is -2.14. The van der Waals surface area contributed by atoms with E-state index in [0.29, 0.717) is 33.3 Å². The predicted octanol–water partition coefficient (Wildman–Crippen LogP) is 5.61. The zero-order chi connectivity index (χ0) is 22.2. The topological polar surface area (TPSA) is 71.3 Å². The molecule has 0 radical (unpaired) electrons. The minimum absolute atomic E-state index is 0.0875. The van der Waals surface area contributed by atoms with Gasteiger partial charge in [-0.15, -0.1) is 0 Å². The number of methoxy groups -OCH3 is 1. The van der Waals surface area contributed by atoms with E-state index in [1.807, 2.05) is 6.07 Å². The Morgan fingerprint density at radius 1 is 1.16 bits per heavy atom. The molecule has 31 heavy (non-hydrogen) atoms. The Morgan fingerprint density at radius 2 is 1.94 bits per heavy atom. The molecule has 0 saturated heterocycles. The van der Waals surface area contributed by atoms with E-state index in [0.717, 1.165) is 0 Å². The van der Waals surface area contributed by atoms with Crippen molar-refractivity contribution < 1.29 is 18.7 Å². The highest BCUT2D eigenvalue weighted by Crippen LogP contribution is 2.28. The Labute approximate surface area is 184 Å². The Hall–Kier alpha value is -3.82. The Bertz CT molecular complexity index is 1150. The van der Waals surface area contributed by atoms with E-state index in [4.69, 9.17) is 21.1 Å². The summed E-state index contributed by atoms with van der Waals surface area (Å²) in [7, 11) is 1.47. The van der Waals surface area contributed by atoms with E-state index in [-0.39, 0.29) is 18.0 Å². The predicted molar refractivity (Wildman–Crippen MR) is 117 cm³/mol. The molecule has 0 bridgehead atoms. The molecule has 0 saturated carbocycles. The molecular weight excluding hydrogens is 419 g/mol. The van der Waals surface area contributed by atoms with Crippen molar-refractivity contribution in [1.29, 1.82) is 5.26 Å². The fraction of sp³-hybridized carbons (Fsp3) is 0.0833. The molecule has 0 fully saturated rings. The van der Waals surface area contributed by atoms with Crippen LogP contribution in [0.1, 0.15) is 11.1 Å². The van der Waals surface area contributed by atoms with Crippen LogP contribution < -0.4 is 14.8 Å². The summed E-state index contributed by atoms with van der Waals surface area (Å²) < 4.78 is 24.1. The summed E-state index contributed by atoms with van der Waals surface area (Å²) in [6.07, 6.45) is 1.46. The molecule has 0 aliphatic carbocycles. The third kappa shape index (κ3) is 6.08. The molecule has 0 spiro atoms. The largest absolute Gasteiger partial charge is 0.495 e. The van der Waals surface area contributed by atoms with Gasteiger partial charge in [0, 0.05) is 5.02 Å². The second-order valence-corrected chi connectivity index (χ2v) is 6.89. The standard InChI is InChI=1S/C24H18ClFN2O3/c1-30-23-10-7-19(25)13-22(23)28-24(29)18(14-27)11-16-5-8-21(9-6-16)31-15-17-3-2-4-20(26)12-17/h2-13H,15H2,1H3,(H,28,29)/b18-11+. The van der Waals surface area contributed by atoms with Gasteiger partial charge in [-0.3, -0.25) is 4.79 Å². The number of carbonyl (C=O) groups excluding carboxylic acids is 1. The third-order valence-corrected chi connectivity index (χ3v) is 4.50. The zero-order valence-electron chi connectivity index (χ0n) is 16.6. The van der Waals surface area contributed by atoms with Crippen molar-refractivity contribution in [2.45, 2.75) is 6.61 Å². The molecule has 7 heteroatoms. The van der Waals surface area contributed by atoms with Gasteiger partial charge >= 0.3 is 0 Å². The smallest absolute Gasteiger partial charge is 0.266 e. The summed E-state index contributed by atoms with van der Waals surface area (Å²) in [6.45, 7) is 0.222. The Kier molecular flexibility index (Phi) is 7.26. The monoisotopic (exact) mass is 436 g/mol. The van der Waals surface area contributed by atoms with Crippen molar-refractivity contribution in [3.8, 4) is 17.6 Å². The van der Waals surface area contributed by atoms with Gasteiger partial charge in [0.15, 0.2) is 0 Å². The molecule has 0 heterocycles. The van der Waals surface area contributed by atoms with E-state index in [1.165, 1.54) is 31.4 Å². The van der Waals surface area contributed by atoms with Gasteiger partial charge < -0.3 is 14.8 Å². The molecule has 3 rings (SSSR count). The second kappa shape index (κ2) is 10.3. The molecular formula is C24H18ClFN2O3. The van der Waals surface area contributed by atoms with Gasteiger partial charge in [-0.1, -0.05) is 35.9 Å². The normalized spacial score (nSPS) is 10.8. The highest BCUT2D eigenvalue weighted by Gasteiger charge is 2.13. The maximum absolute atomic E-state index is 13.2. The van der Waals surface area contributed by atoms with Crippen LogP contribution in [0.3, 0.4) is 0 Å². The van der Waals surface area contributed by atoms with Gasteiger partial charge in [-0.05, 0) is 59.7 Å². The Balaban J connectivity index is 1.68. The summed E-state index contributed by atoms with van der Waals surface area (Å²) in [6, 6.07) is 19.7. The summed E-state index contributed by atoms with van der Waals surface area (Å²) in [5, 5.41) is 12.5. The minimum atomic E-state index is -0.588. The number of benzene rings is 3. The molecule has 0 aliphatic rings. The SMILES string of the molecule is COc1ccc(Cl)cc1NC(=O)/C(C#N)=C/c1ccc(OCc2cccc(F)c2)cc1. The number of nitrogens with one attached hydrogen (secondary N) is 1. The first kappa shape index (κ1) is 21.9. The number of nitrogens with zero attached hydrogens (tertiary/aromatic N) is 1. The van der Waals surface area contributed by atoms with Crippen LogP contribution in [0.2, 0.25) is 5.02 Å². The van der Waals surface area contributed by atoms with E-state index in [9.17, 15) is 14.4 Å². The highest BCUT2D eigenvalue weighted by atomic mass is 35.5. The molecule has 156 valence electrons. The summed E-state index contributed by atoms with van der Waals surface area (Å²) >= 11 is 5.97. The molecule has 0 aromatic heterocycles. The van der Waals surface area contributed by atoms with E-state index in [2.05, 4.69) is 5.32 Å². The molecule has 0 atom stereocenters. The molecule has 5 nitrogen and oxygen atoms in total. The maximum Gasteiger partial charge on any atom is 0.266 e. The van der Waals surface area contributed by atoms with Crippen LogP contribution in [0.4, 0.5) is 10.1 Å². The number of ether oxygens (including phenoxy) is 2. The molecule has 3 aromatic carbocycles. The molecule has 0 aliphatic heterocycles. The number of nitriles is 1. The lowest BCUT2D eigenvalue weighted by atomic mass is 10.1. The average molecular weight is 437 g/mol. The van der Waals surface area contributed by atoms with Crippen LogP contribution in [0.5, 0.6) is 11.5 Å². The number of anilines is 1. The number of rotatable bonds is 7. The quantitative estimate of drug-likeness (QED) is 0.386. The van der Waals surface area contributed by atoms with Crippen LogP contribution in [0, 0.1) is 17.1 Å². The fourth-order valence-electron chi connectivity index (χ4n) is 2.74. The van der Waals surface area contributed by atoms with Crippen molar-refractivity contribution in [3.05, 3.63) is 94.3 Å². The number of hydrogen-bond acceptors (Lipinski definition) is 4. The number of carbonyl (C=O) groups is 1. The number of amides is 1. The van der Waals surface area contributed by atoms with Crippen LogP contribution in [-0.4, -0.2) is 13.0 Å². The first-order valence-corrected chi connectivity index (χ1v) is 9.60. The van der Waals surface area contributed by atoms with Crippen LogP contribution in [-0.2, 0) is 11.4 Å². The van der Waals surface area contributed by atoms with Gasteiger partial charge in [0.2, 0.25) is 0 Å². The maximum atomic E-state index is 13.2. The summed E-state index contributed by atoms with van der Waals surface area (Å²) in [4.78, 5) is 12.5. The van der Waals surface area contributed by atoms with Gasteiger partial charge in [0.05, 0.1) is 12.8 Å². The van der Waals surface area contributed by atoms with Crippen molar-refractivity contribution in [2.75, 3.05) is 12.4 Å². The number of hydrogen-bond donors (Lipinski definition) is 1. The summed E-state index contributed by atoms with van der Waals surface area (Å²) in [5.74, 6) is 0.0941. The van der Waals surface area contributed by atoms with E-state index in [1.54, 1.807) is 48.5 Å². The van der Waals surface area contributed by atoms with Crippen molar-refractivity contribution in [1.82, 2.24) is 0 Å². The van der Waals surface area contributed by atoms with Crippen LogP contribution in [0.25, 0.3) is 6.08 Å². The van der Waals surface area contributed by atoms with Crippen LogP contribution >= 0.6 is 11.6 Å². The molecule has 1 N–H and O–H groups in total. The van der Waals surface area contributed by atoms with Gasteiger partial charge in [0.25, 0.3) is 5.91 Å². The first-order valence-electron chi connectivity index (χ1n) is 9.22. The van der Waals surface area contributed by atoms with Gasteiger partial charge in [-0.25, -0.2) is 4.39 Å². The first-order chi connectivity index (χ1) is 15.0. The fourth-order valence-corrected chi connectivity index (χ4v) is 2.91. The lowest BCUT2D eigenvalue weighted by molar-refractivity contribution is -0.112. The third-order valence-electron chi connectivity index (χ3n) is 4.26. The summed E-state index contributed by atoms with van der Waals surface area (Å²) in [5.41, 5.74) is 1.63. The van der Waals surface area contributed by atoms with Gasteiger partial charge in [0.1, 0.15) is 35.6 Å². The lowest BCUT2D eigenvalue weighted by Gasteiger charge is -2.10. The zero-order valence-corrected chi connectivity index (χ0v) is 17.3. The van der Waals surface area contributed by atoms with E-state index >= 15 is 0 Å². The highest BCUT2D eigenvalue weighted by molar-refractivity contribution is 6.31. The second-order valence-electron chi connectivity index (χ2n) is 6.46. The molecule has 3 aromatic rings. The van der Waals surface area contributed by atoms with Crippen LogP contribution in [0.15, 0.2) is 72.3 Å². The van der Waals surface area contributed by atoms with Crippen molar-refractivity contribution >= 4 is 29.3 Å². The number of halogens is 2. The molecule has 0 unspecified atom stereocenters. The average Bonchev–Trinajstić information content (AvgIpc) is 2.77.